The molecular weight excluding hydrogens is 258 g/mol. The van der Waals surface area contributed by atoms with Crippen molar-refractivity contribution in [1.82, 2.24) is 5.32 Å². The third kappa shape index (κ3) is 2.84. The van der Waals surface area contributed by atoms with Crippen molar-refractivity contribution in [3.63, 3.8) is 0 Å². The van der Waals surface area contributed by atoms with Crippen LogP contribution in [0, 0.1) is 0 Å². The van der Waals surface area contributed by atoms with Crippen LogP contribution in [0.4, 0.5) is 0 Å². The Balaban J connectivity index is 1.45. The van der Waals surface area contributed by atoms with Crippen LogP contribution in [-0.2, 0) is 9.84 Å². The monoisotopic (exact) mass is 279 g/mol. The molecule has 1 aliphatic heterocycles. The molecule has 1 atom stereocenters. The van der Waals surface area contributed by atoms with E-state index in [1.807, 2.05) is 6.07 Å². The minimum atomic E-state index is -2.80. The summed E-state index contributed by atoms with van der Waals surface area (Å²) < 4.78 is 23.5. The van der Waals surface area contributed by atoms with Crippen LogP contribution in [0.1, 0.15) is 37.2 Å². The first-order chi connectivity index (χ1) is 9.15. The maximum atomic E-state index is 11.7. The van der Waals surface area contributed by atoms with E-state index in [0.29, 0.717) is 24.3 Å². The van der Waals surface area contributed by atoms with Gasteiger partial charge in [0.25, 0.3) is 0 Å². The van der Waals surface area contributed by atoms with E-state index in [0.717, 1.165) is 25.7 Å². The Morgan fingerprint density at radius 1 is 1.16 bits per heavy atom. The topological polar surface area (TPSA) is 46.2 Å². The molecule has 4 heteroatoms. The number of benzene rings is 1. The molecule has 0 radical (unpaired) electrons. The average molecular weight is 279 g/mol. The summed E-state index contributed by atoms with van der Waals surface area (Å²) in [6, 6.07) is 11.1. The fourth-order valence-corrected chi connectivity index (χ4v) is 4.95. The largest absolute Gasteiger partial charge is 0.313 e. The highest BCUT2D eigenvalue weighted by molar-refractivity contribution is 7.92. The van der Waals surface area contributed by atoms with Gasteiger partial charge in [0.1, 0.15) is 0 Å². The molecule has 1 heterocycles. The fourth-order valence-electron chi connectivity index (χ4n) is 3.17. The second kappa shape index (κ2) is 5.25. The van der Waals surface area contributed by atoms with Crippen LogP contribution in [0.15, 0.2) is 30.3 Å². The Bertz CT molecular complexity index is 520. The molecule has 3 rings (SSSR count). The molecule has 1 aromatic rings. The minimum Gasteiger partial charge on any atom is -0.313 e. The van der Waals surface area contributed by atoms with Crippen LogP contribution in [0.2, 0.25) is 0 Å². The Labute approximate surface area is 115 Å². The molecule has 104 valence electrons. The maximum absolute atomic E-state index is 11.7. The molecule has 1 aromatic carbocycles. The molecule has 1 N–H and O–H groups in total. The summed E-state index contributed by atoms with van der Waals surface area (Å²) in [5, 5.41) is 3.30. The highest BCUT2D eigenvalue weighted by Crippen LogP contribution is 2.36. The van der Waals surface area contributed by atoms with Gasteiger partial charge in [-0.3, -0.25) is 0 Å². The van der Waals surface area contributed by atoms with E-state index < -0.39 is 9.84 Å². The average Bonchev–Trinajstić information content (AvgIpc) is 2.68. The predicted molar refractivity (Wildman–Crippen MR) is 77.0 cm³/mol. The van der Waals surface area contributed by atoms with E-state index in [9.17, 15) is 8.42 Å². The quantitative estimate of drug-likeness (QED) is 0.918. The van der Waals surface area contributed by atoms with Gasteiger partial charge in [-0.05, 0) is 37.2 Å². The van der Waals surface area contributed by atoms with Crippen LogP contribution in [0.5, 0.6) is 0 Å². The SMILES string of the molecule is O=S1(=O)CCCC1CNC1CC(c2ccccc2)C1. The van der Waals surface area contributed by atoms with Gasteiger partial charge in [0, 0.05) is 12.6 Å². The zero-order valence-corrected chi connectivity index (χ0v) is 11.9. The Hall–Kier alpha value is -0.870. The van der Waals surface area contributed by atoms with Crippen molar-refractivity contribution in [3.05, 3.63) is 35.9 Å². The van der Waals surface area contributed by atoms with E-state index in [2.05, 4.69) is 29.6 Å². The van der Waals surface area contributed by atoms with Crippen LogP contribution in [0.25, 0.3) is 0 Å². The normalized spacial score (nSPS) is 32.9. The Kier molecular flexibility index (Phi) is 3.63. The molecule has 1 saturated carbocycles. The standard InChI is InChI=1S/C15H21NO2S/c17-19(18)8-4-7-15(19)11-16-14-9-13(10-14)12-5-2-1-3-6-12/h1-3,5-6,13-16H,4,7-11H2. The number of sulfone groups is 1. The zero-order chi connectivity index (χ0) is 13.3. The van der Waals surface area contributed by atoms with Crippen molar-refractivity contribution in [2.75, 3.05) is 12.3 Å². The molecule has 1 aliphatic carbocycles. The van der Waals surface area contributed by atoms with Gasteiger partial charge < -0.3 is 5.32 Å². The highest BCUT2D eigenvalue weighted by Gasteiger charge is 2.34. The number of hydrogen-bond acceptors (Lipinski definition) is 3. The third-order valence-electron chi connectivity index (χ3n) is 4.51. The summed E-state index contributed by atoms with van der Waals surface area (Å²) in [5.74, 6) is 1.04. The number of rotatable bonds is 4. The van der Waals surface area contributed by atoms with E-state index in [-0.39, 0.29) is 5.25 Å². The molecule has 0 amide bonds. The van der Waals surface area contributed by atoms with Crippen LogP contribution in [0.3, 0.4) is 0 Å². The molecule has 0 aromatic heterocycles. The predicted octanol–water partition coefficient (Wildman–Crippen LogP) is 2.10. The van der Waals surface area contributed by atoms with Crippen molar-refractivity contribution in [3.8, 4) is 0 Å². The summed E-state index contributed by atoms with van der Waals surface area (Å²) in [6.07, 6.45) is 3.95. The maximum Gasteiger partial charge on any atom is 0.154 e. The van der Waals surface area contributed by atoms with Crippen molar-refractivity contribution in [1.29, 1.82) is 0 Å². The molecule has 19 heavy (non-hydrogen) atoms. The van der Waals surface area contributed by atoms with Crippen molar-refractivity contribution in [2.24, 2.45) is 0 Å². The van der Waals surface area contributed by atoms with Crippen LogP contribution < -0.4 is 5.32 Å². The van der Waals surface area contributed by atoms with Gasteiger partial charge >= 0.3 is 0 Å². The zero-order valence-electron chi connectivity index (χ0n) is 11.1. The third-order valence-corrected chi connectivity index (χ3v) is 6.78. The molecule has 3 nitrogen and oxygen atoms in total. The lowest BCUT2D eigenvalue weighted by Crippen LogP contribution is -2.44. The summed E-state index contributed by atoms with van der Waals surface area (Å²) in [6.45, 7) is 0.647. The van der Waals surface area contributed by atoms with E-state index >= 15 is 0 Å². The summed E-state index contributed by atoms with van der Waals surface area (Å²) in [7, 11) is -2.80. The molecule has 1 saturated heterocycles. The van der Waals surface area contributed by atoms with Gasteiger partial charge in [0.15, 0.2) is 9.84 Å². The lowest BCUT2D eigenvalue weighted by Gasteiger charge is -2.37. The van der Waals surface area contributed by atoms with Gasteiger partial charge in [0.05, 0.1) is 11.0 Å². The molecule has 0 spiro atoms. The minimum absolute atomic E-state index is 0.136. The van der Waals surface area contributed by atoms with E-state index in [4.69, 9.17) is 0 Å². The first-order valence-corrected chi connectivity index (χ1v) is 8.86. The van der Waals surface area contributed by atoms with E-state index in [1.165, 1.54) is 5.56 Å². The summed E-state index contributed by atoms with van der Waals surface area (Å²) in [5.41, 5.74) is 1.41. The van der Waals surface area contributed by atoms with Gasteiger partial charge in [0.2, 0.25) is 0 Å². The summed E-state index contributed by atoms with van der Waals surface area (Å²) in [4.78, 5) is 0. The second-order valence-corrected chi connectivity index (χ2v) is 8.22. The molecule has 2 fully saturated rings. The van der Waals surface area contributed by atoms with Crippen LogP contribution >= 0.6 is 0 Å². The van der Waals surface area contributed by atoms with Gasteiger partial charge in [-0.2, -0.15) is 0 Å². The van der Waals surface area contributed by atoms with Crippen molar-refractivity contribution < 1.29 is 8.42 Å². The highest BCUT2D eigenvalue weighted by atomic mass is 32.2. The molecule has 0 bridgehead atoms. The van der Waals surface area contributed by atoms with Gasteiger partial charge in [-0.25, -0.2) is 8.42 Å². The molecule has 2 aliphatic rings. The van der Waals surface area contributed by atoms with E-state index in [1.54, 1.807) is 0 Å². The Morgan fingerprint density at radius 2 is 1.89 bits per heavy atom. The van der Waals surface area contributed by atoms with Crippen molar-refractivity contribution >= 4 is 9.84 Å². The van der Waals surface area contributed by atoms with Gasteiger partial charge in [-0.1, -0.05) is 30.3 Å². The second-order valence-electron chi connectivity index (χ2n) is 5.82. The van der Waals surface area contributed by atoms with Gasteiger partial charge in [-0.15, -0.1) is 0 Å². The first kappa shape index (κ1) is 13.1. The molecule has 1 unspecified atom stereocenters. The number of hydrogen-bond donors (Lipinski definition) is 1. The first-order valence-electron chi connectivity index (χ1n) is 7.15. The lowest BCUT2D eigenvalue weighted by atomic mass is 9.76. The fraction of sp³-hybridized carbons (Fsp3) is 0.600. The Morgan fingerprint density at radius 3 is 2.53 bits per heavy atom. The summed E-state index contributed by atoms with van der Waals surface area (Å²) >= 11 is 0. The molecular formula is C15H21NO2S. The lowest BCUT2D eigenvalue weighted by molar-refractivity contribution is 0.291. The smallest absolute Gasteiger partial charge is 0.154 e. The van der Waals surface area contributed by atoms with Crippen LogP contribution in [-0.4, -0.2) is 32.0 Å². The van der Waals surface area contributed by atoms with Crippen molar-refractivity contribution in [2.45, 2.75) is 42.9 Å². The number of nitrogens with one attached hydrogen (secondary N) is 1.